The predicted octanol–water partition coefficient (Wildman–Crippen LogP) is 4.25. The molecule has 38 heavy (non-hydrogen) atoms. The molecule has 1 saturated heterocycles. The van der Waals surface area contributed by atoms with Crippen LogP contribution in [0, 0.1) is 5.82 Å². The summed E-state index contributed by atoms with van der Waals surface area (Å²) >= 11 is 6.45. The number of hydrogen-bond acceptors (Lipinski definition) is 8. The zero-order valence-electron chi connectivity index (χ0n) is 21.1. The number of morpholine rings is 1. The molecule has 0 radical (unpaired) electrons. The highest BCUT2D eigenvalue weighted by molar-refractivity contribution is 6.32. The van der Waals surface area contributed by atoms with E-state index in [4.69, 9.17) is 26.2 Å². The largest absolute Gasteiger partial charge is 0.487 e. The van der Waals surface area contributed by atoms with Gasteiger partial charge in [-0.05, 0) is 48.9 Å². The molecule has 1 fully saturated rings. The van der Waals surface area contributed by atoms with Crippen molar-refractivity contribution in [1.29, 1.82) is 0 Å². The van der Waals surface area contributed by atoms with E-state index in [0.29, 0.717) is 22.1 Å². The number of aromatic nitrogens is 4. The van der Waals surface area contributed by atoms with Crippen molar-refractivity contribution in [2.24, 2.45) is 0 Å². The molecule has 2 N–H and O–H groups in total. The summed E-state index contributed by atoms with van der Waals surface area (Å²) in [5.41, 5.74) is 2.93. The van der Waals surface area contributed by atoms with E-state index in [1.165, 1.54) is 18.5 Å². The summed E-state index contributed by atoms with van der Waals surface area (Å²) < 4.78 is 26.5. The lowest BCUT2D eigenvalue weighted by atomic mass is 10.2. The number of nitrogens with one attached hydrogen (secondary N) is 2. The Kier molecular flexibility index (Phi) is 8.98. The van der Waals surface area contributed by atoms with E-state index in [-0.39, 0.29) is 12.4 Å². The van der Waals surface area contributed by atoms with E-state index in [9.17, 15) is 4.39 Å². The normalized spacial score (nSPS) is 14.2. The van der Waals surface area contributed by atoms with Crippen LogP contribution in [0.2, 0.25) is 5.02 Å². The van der Waals surface area contributed by atoms with Crippen LogP contribution in [0.5, 0.6) is 5.75 Å². The van der Waals surface area contributed by atoms with Crippen molar-refractivity contribution in [1.82, 2.24) is 30.0 Å². The molecule has 0 spiro atoms. The number of halogens is 2. The molecule has 0 aliphatic carbocycles. The predicted molar refractivity (Wildman–Crippen MR) is 146 cm³/mol. The molecule has 3 heterocycles. The molecule has 0 atom stereocenters. The van der Waals surface area contributed by atoms with Crippen LogP contribution >= 0.6 is 11.6 Å². The number of aryl methyl sites for hydroxylation is 1. The van der Waals surface area contributed by atoms with Gasteiger partial charge in [-0.1, -0.05) is 23.7 Å². The molecule has 1 aliphatic rings. The summed E-state index contributed by atoms with van der Waals surface area (Å²) in [6.45, 7) is 7.63. The molecule has 0 bridgehead atoms. The van der Waals surface area contributed by atoms with Crippen molar-refractivity contribution >= 4 is 34.1 Å². The first kappa shape index (κ1) is 26.3. The van der Waals surface area contributed by atoms with E-state index in [0.717, 1.165) is 75.7 Å². The van der Waals surface area contributed by atoms with Gasteiger partial charge in [0.2, 0.25) is 0 Å². The number of rotatable bonds is 12. The highest BCUT2D eigenvalue weighted by Gasteiger charge is 2.12. The minimum absolute atomic E-state index is 0.220. The van der Waals surface area contributed by atoms with E-state index in [1.807, 2.05) is 16.9 Å². The second kappa shape index (κ2) is 13.0. The van der Waals surface area contributed by atoms with Gasteiger partial charge in [-0.15, -0.1) is 0 Å². The standard InChI is InChI=1S/C27H31ClFN7O2/c28-23-16-22(5-6-25(23)38-18-20-3-1-4-21(29)15-20)33-27-26-24(31-19-32-27)17-36(34-26)9-2-7-30-8-10-35-11-13-37-14-12-35/h1,3-6,15-17,19,30H,2,7-14,18H2,(H,31,32,33). The van der Waals surface area contributed by atoms with Gasteiger partial charge in [-0.25, -0.2) is 14.4 Å². The minimum atomic E-state index is -0.300. The molecule has 0 saturated carbocycles. The van der Waals surface area contributed by atoms with Crippen LogP contribution in [-0.2, 0) is 17.9 Å². The first-order chi connectivity index (χ1) is 18.6. The van der Waals surface area contributed by atoms with Crippen LogP contribution in [-0.4, -0.2) is 70.6 Å². The Morgan fingerprint density at radius 1 is 1.05 bits per heavy atom. The van der Waals surface area contributed by atoms with Crippen molar-refractivity contribution in [3.8, 4) is 5.75 Å². The van der Waals surface area contributed by atoms with Crippen LogP contribution < -0.4 is 15.4 Å². The topological polar surface area (TPSA) is 89.4 Å². The fourth-order valence-electron chi connectivity index (χ4n) is 4.26. The van der Waals surface area contributed by atoms with Gasteiger partial charge in [0.25, 0.3) is 0 Å². The Labute approximate surface area is 225 Å². The van der Waals surface area contributed by atoms with Crippen LogP contribution in [0.3, 0.4) is 0 Å². The smallest absolute Gasteiger partial charge is 0.162 e. The van der Waals surface area contributed by atoms with Crippen molar-refractivity contribution < 1.29 is 13.9 Å². The molecule has 0 amide bonds. The molecular formula is C27H31ClFN7O2. The zero-order chi connectivity index (χ0) is 26.2. The van der Waals surface area contributed by atoms with Gasteiger partial charge >= 0.3 is 0 Å². The van der Waals surface area contributed by atoms with E-state index in [1.54, 1.807) is 24.3 Å². The van der Waals surface area contributed by atoms with E-state index in [2.05, 4.69) is 25.5 Å². The Morgan fingerprint density at radius 2 is 1.95 bits per heavy atom. The molecule has 1 aliphatic heterocycles. The van der Waals surface area contributed by atoms with E-state index >= 15 is 0 Å². The lowest BCUT2D eigenvalue weighted by Gasteiger charge is -2.26. The molecule has 2 aromatic heterocycles. The second-order valence-electron chi connectivity index (χ2n) is 9.09. The van der Waals surface area contributed by atoms with Gasteiger partial charge in [0.1, 0.15) is 30.0 Å². The van der Waals surface area contributed by atoms with Crippen molar-refractivity contribution in [2.75, 3.05) is 51.3 Å². The molecule has 2 aromatic carbocycles. The van der Waals surface area contributed by atoms with Crippen LogP contribution in [0.25, 0.3) is 11.0 Å². The van der Waals surface area contributed by atoms with Crippen molar-refractivity contribution in [3.63, 3.8) is 0 Å². The molecular weight excluding hydrogens is 509 g/mol. The Balaban J connectivity index is 1.13. The summed E-state index contributed by atoms with van der Waals surface area (Å²) in [7, 11) is 0. The van der Waals surface area contributed by atoms with Gasteiger partial charge in [0, 0.05) is 38.4 Å². The Hall–Kier alpha value is -3.31. The summed E-state index contributed by atoms with van der Waals surface area (Å²) in [5.74, 6) is 0.811. The quantitative estimate of drug-likeness (QED) is 0.258. The monoisotopic (exact) mass is 539 g/mol. The average molecular weight is 540 g/mol. The fraction of sp³-hybridized carbons (Fsp3) is 0.370. The van der Waals surface area contributed by atoms with Gasteiger partial charge in [0.05, 0.1) is 24.4 Å². The summed E-state index contributed by atoms with van der Waals surface area (Å²) in [5, 5.41) is 11.9. The second-order valence-corrected chi connectivity index (χ2v) is 9.50. The van der Waals surface area contributed by atoms with Crippen molar-refractivity contribution in [2.45, 2.75) is 19.6 Å². The minimum Gasteiger partial charge on any atom is -0.487 e. The summed E-state index contributed by atoms with van der Waals surface area (Å²) in [6.07, 6.45) is 4.41. The number of anilines is 2. The van der Waals surface area contributed by atoms with Gasteiger partial charge < -0.3 is 20.1 Å². The number of hydrogen-bond donors (Lipinski definition) is 2. The zero-order valence-corrected chi connectivity index (χ0v) is 21.8. The third kappa shape index (κ3) is 7.16. The fourth-order valence-corrected chi connectivity index (χ4v) is 4.50. The summed E-state index contributed by atoms with van der Waals surface area (Å²) in [4.78, 5) is 11.2. The van der Waals surface area contributed by atoms with Crippen LogP contribution in [0.15, 0.2) is 55.0 Å². The average Bonchev–Trinajstić information content (AvgIpc) is 3.35. The molecule has 5 rings (SSSR count). The maximum absolute atomic E-state index is 13.4. The Bertz CT molecular complexity index is 1350. The van der Waals surface area contributed by atoms with Gasteiger partial charge in [-0.2, -0.15) is 5.10 Å². The molecule has 200 valence electrons. The third-order valence-electron chi connectivity index (χ3n) is 6.28. The highest BCUT2D eigenvalue weighted by atomic mass is 35.5. The van der Waals surface area contributed by atoms with Crippen molar-refractivity contribution in [3.05, 3.63) is 71.4 Å². The first-order valence-corrected chi connectivity index (χ1v) is 13.1. The van der Waals surface area contributed by atoms with Gasteiger partial charge in [-0.3, -0.25) is 9.58 Å². The molecule has 11 heteroatoms. The number of ether oxygens (including phenoxy) is 2. The maximum Gasteiger partial charge on any atom is 0.162 e. The summed E-state index contributed by atoms with van der Waals surface area (Å²) in [6, 6.07) is 11.7. The number of nitrogens with zero attached hydrogens (tertiary/aromatic N) is 5. The third-order valence-corrected chi connectivity index (χ3v) is 6.57. The lowest BCUT2D eigenvalue weighted by Crippen LogP contribution is -2.40. The van der Waals surface area contributed by atoms with Gasteiger partial charge in [0.15, 0.2) is 11.3 Å². The first-order valence-electron chi connectivity index (χ1n) is 12.8. The molecule has 9 nitrogen and oxygen atoms in total. The number of benzene rings is 2. The Morgan fingerprint density at radius 3 is 2.79 bits per heavy atom. The SMILES string of the molecule is Fc1cccc(COc2ccc(Nc3ncnc4cn(CCCNCCN5CCOCC5)nc34)cc2Cl)c1. The molecule has 4 aromatic rings. The van der Waals surface area contributed by atoms with E-state index < -0.39 is 0 Å². The molecule has 0 unspecified atom stereocenters. The van der Waals surface area contributed by atoms with Crippen LogP contribution in [0.4, 0.5) is 15.9 Å². The lowest BCUT2D eigenvalue weighted by molar-refractivity contribution is 0.0384. The van der Waals surface area contributed by atoms with Crippen LogP contribution in [0.1, 0.15) is 12.0 Å². The highest BCUT2D eigenvalue weighted by Crippen LogP contribution is 2.30. The number of fused-ring (bicyclic) bond motifs is 1. The maximum atomic E-state index is 13.4.